The maximum atomic E-state index is 10.8. The van der Waals surface area contributed by atoms with Crippen LogP contribution in [0.1, 0.15) is 12.8 Å². The van der Waals surface area contributed by atoms with Crippen molar-refractivity contribution in [2.24, 2.45) is 0 Å². The van der Waals surface area contributed by atoms with Crippen molar-refractivity contribution in [2.45, 2.75) is 12.8 Å². The maximum absolute atomic E-state index is 10.8. The van der Waals surface area contributed by atoms with E-state index < -0.39 is 24.0 Å². The lowest BCUT2D eigenvalue weighted by molar-refractivity contribution is -0.492. The van der Waals surface area contributed by atoms with E-state index in [0.717, 1.165) is 0 Å². The van der Waals surface area contributed by atoms with Crippen LogP contribution in [0.3, 0.4) is 0 Å². The molecular formula is C7H14N2O7. The van der Waals surface area contributed by atoms with Crippen molar-refractivity contribution in [1.29, 1.82) is 0 Å². The Bertz CT molecular complexity index is 221. The molecule has 94 valence electrons. The van der Waals surface area contributed by atoms with Crippen molar-refractivity contribution >= 4 is 12.1 Å². The minimum Gasteiger partial charge on any atom is -0.480 e. The summed E-state index contributed by atoms with van der Waals surface area (Å²) >= 11 is 0. The van der Waals surface area contributed by atoms with Gasteiger partial charge >= 0.3 is 12.1 Å². The molecule has 0 aromatic heterocycles. The first-order valence-corrected chi connectivity index (χ1v) is 4.45. The number of alkyl carbamates (subject to hydrolysis) is 1. The lowest BCUT2D eigenvalue weighted by Crippen LogP contribution is -2.30. The van der Waals surface area contributed by atoms with Crippen LogP contribution < -0.4 is 5.32 Å². The van der Waals surface area contributed by atoms with Crippen LogP contribution >= 0.6 is 0 Å². The summed E-state index contributed by atoms with van der Waals surface area (Å²) in [7, 11) is 0. The van der Waals surface area contributed by atoms with Gasteiger partial charge in [0.1, 0.15) is 6.54 Å². The molecule has 0 saturated carbocycles. The Balaban J connectivity index is 3.24. The van der Waals surface area contributed by atoms with Crippen molar-refractivity contribution in [3.63, 3.8) is 0 Å². The molecule has 0 aliphatic carbocycles. The molecule has 0 atom stereocenters. The normalized spacial score (nSPS) is 10.2. The van der Waals surface area contributed by atoms with Crippen LogP contribution in [0.25, 0.3) is 0 Å². The van der Waals surface area contributed by atoms with Gasteiger partial charge in [0.15, 0.2) is 0 Å². The lowest BCUT2D eigenvalue weighted by Gasteiger charge is -2.06. The zero-order valence-corrected chi connectivity index (χ0v) is 8.46. The average Bonchev–Trinajstić information content (AvgIpc) is 2.19. The van der Waals surface area contributed by atoms with Gasteiger partial charge in [0, 0.05) is 0 Å². The van der Waals surface area contributed by atoms with Gasteiger partial charge in [0.2, 0.25) is 0 Å². The van der Waals surface area contributed by atoms with Gasteiger partial charge in [-0.15, -0.1) is 0 Å². The average molecular weight is 238 g/mol. The highest BCUT2D eigenvalue weighted by molar-refractivity contribution is 5.76. The van der Waals surface area contributed by atoms with Crippen molar-refractivity contribution in [2.75, 3.05) is 19.8 Å². The van der Waals surface area contributed by atoms with Gasteiger partial charge < -0.3 is 15.2 Å². The molecule has 0 unspecified atom stereocenters. The summed E-state index contributed by atoms with van der Waals surface area (Å²) < 4.78 is 4.59. The van der Waals surface area contributed by atoms with Gasteiger partial charge in [-0.2, -0.15) is 0 Å². The number of hydrogen-bond donors (Lipinski definition) is 4. The Kier molecular flexibility index (Phi) is 8.07. The second kappa shape index (κ2) is 8.85. The molecular weight excluding hydrogens is 224 g/mol. The van der Waals surface area contributed by atoms with Gasteiger partial charge in [-0.05, 0) is 12.8 Å². The van der Waals surface area contributed by atoms with Crippen LogP contribution in [0.5, 0.6) is 0 Å². The van der Waals surface area contributed by atoms with Crippen LogP contribution in [0.4, 0.5) is 4.79 Å². The van der Waals surface area contributed by atoms with Gasteiger partial charge in [-0.3, -0.25) is 20.0 Å². The van der Waals surface area contributed by atoms with Crippen molar-refractivity contribution in [3.8, 4) is 0 Å². The van der Waals surface area contributed by atoms with E-state index in [0.29, 0.717) is 12.8 Å². The molecule has 0 aromatic rings. The molecule has 16 heavy (non-hydrogen) atoms. The minimum atomic E-state index is -1.16. The van der Waals surface area contributed by atoms with E-state index in [1.807, 2.05) is 5.32 Å². The molecule has 9 heteroatoms. The third-order valence-electron chi connectivity index (χ3n) is 1.36. The van der Waals surface area contributed by atoms with Crippen LogP contribution in [0.15, 0.2) is 0 Å². The standard InChI is InChI=1S/C7H14N2O7/c10-6(11)5-8-7(12)15-3-1-2-4-16-9(13)14/h13-14H,1-5H2,(H,8,12)(H,10,11). The van der Waals surface area contributed by atoms with E-state index in [9.17, 15) is 9.59 Å². The van der Waals surface area contributed by atoms with Gasteiger partial charge in [-0.1, -0.05) is 0 Å². The largest absolute Gasteiger partial charge is 0.480 e. The third-order valence-corrected chi connectivity index (χ3v) is 1.36. The quantitative estimate of drug-likeness (QED) is 0.332. The summed E-state index contributed by atoms with van der Waals surface area (Å²) in [6, 6.07) is 0. The van der Waals surface area contributed by atoms with Crippen LogP contribution in [-0.4, -0.2) is 52.7 Å². The molecule has 0 fully saturated rings. The molecule has 0 rings (SSSR count). The monoisotopic (exact) mass is 238 g/mol. The zero-order chi connectivity index (χ0) is 12.4. The molecule has 9 nitrogen and oxygen atoms in total. The highest BCUT2D eigenvalue weighted by atomic mass is 17.1. The number of amides is 1. The van der Waals surface area contributed by atoms with E-state index >= 15 is 0 Å². The number of nitrogens with zero attached hydrogens (tertiary/aromatic N) is 1. The predicted molar refractivity (Wildman–Crippen MR) is 47.6 cm³/mol. The van der Waals surface area contributed by atoms with Crippen molar-refractivity contribution in [1.82, 2.24) is 10.7 Å². The van der Waals surface area contributed by atoms with E-state index in [4.69, 9.17) is 15.5 Å². The van der Waals surface area contributed by atoms with Gasteiger partial charge in [0.05, 0.1) is 18.6 Å². The molecule has 0 aliphatic heterocycles. The number of carboxylic acids is 1. The van der Waals surface area contributed by atoms with Gasteiger partial charge in [-0.25, -0.2) is 4.79 Å². The third kappa shape index (κ3) is 10.7. The first-order chi connectivity index (χ1) is 7.52. The number of carboxylic acid groups (broad SMARTS) is 1. The van der Waals surface area contributed by atoms with E-state index in [-0.39, 0.29) is 13.2 Å². The molecule has 0 bridgehead atoms. The fraction of sp³-hybridized carbons (Fsp3) is 0.714. The number of ether oxygens (including phenoxy) is 1. The number of nitrogens with one attached hydrogen (secondary N) is 1. The Morgan fingerprint density at radius 2 is 1.81 bits per heavy atom. The Morgan fingerprint density at radius 3 is 2.38 bits per heavy atom. The molecule has 0 radical (unpaired) electrons. The molecule has 0 aliphatic rings. The fourth-order valence-electron chi connectivity index (χ4n) is 0.714. The maximum Gasteiger partial charge on any atom is 0.407 e. The molecule has 1 amide bonds. The first kappa shape index (κ1) is 14.6. The lowest BCUT2D eigenvalue weighted by atomic mass is 10.3. The minimum absolute atomic E-state index is 0.0626. The smallest absolute Gasteiger partial charge is 0.407 e. The molecule has 0 saturated heterocycles. The van der Waals surface area contributed by atoms with E-state index in [1.165, 1.54) is 0 Å². The highest BCUT2D eigenvalue weighted by Crippen LogP contribution is 1.92. The summed E-state index contributed by atoms with van der Waals surface area (Å²) in [5.41, 5.74) is 0. The predicted octanol–water partition coefficient (Wildman–Crippen LogP) is -0.411. The number of unbranched alkanes of at least 4 members (excludes halogenated alkanes) is 1. The van der Waals surface area contributed by atoms with Crippen molar-refractivity contribution < 1.29 is 34.7 Å². The van der Waals surface area contributed by atoms with Crippen molar-refractivity contribution in [3.05, 3.63) is 0 Å². The molecule has 0 spiro atoms. The first-order valence-electron chi connectivity index (χ1n) is 4.45. The summed E-state index contributed by atoms with van der Waals surface area (Å²) in [5.74, 6) is -1.16. The van der Waals surface area contributed by atoms with E-state index in [1.54, 1.807) is 0 Å². The Morgan fingerprint density at radius 1 is 1.19 bits per heavy atom. The summed E-state index contributed by atoms with van der Waals surface area (Å²) in [5, 5.41) is 26.1. The van der Waals surface area contributed by atoms with E-state index in [2.05, 4.69) is 9.57 Å². The number of rotatable bonds is 8. The fourth-order valence-corrected chi connectivity index (χ4v) is 0.714. The zero-order valence-electron chi connectivity index (χ0n) is 8.46. The second-order valence-electron chi connectivity index (χ2n) is 2.68. The summed E-state index contributed by atoms with van der Waals surface area (Å²) in [4.78, 5) is 25.1. The van der Waals surface area contributed by atoms with Crippen LogP contribution in [0, 0.1) is 0 Å². The summed E-state index contributed by atoms with van der Waals surface area (Å²) in [6.45, 7) is -0.343. The Labute approximate surface area is 91.0 Å². The van der Waals surface area contributed by atoms with Crippen LogP contribution in [0.2, 0.25) is 0 Å². The molecule has 0 heterocycles. The number of aliphatic carboxylic acids is 1. The molecule has 4 N–H and O–H groups in total. The van der Waals surface area contributed by atoms with Gasteiger partial charge in [0.25, 0.3) is 0 Å². The second-order valence-corrected chi connectivity index (χ2v) is 2.68. The number of carbonyl (C=O) groups excluding carboxylic acids is 1. The molecule has 0 aromatic carbocycles. The summed E-state index contributed by atoms with van der Waals surface area (Å²) in [6.07, 6.45) is 0.0901. The highest BCUT2D eigenvalue weighted by Gasteiger charge is 2.03. The topological polar surface area (TPSA) is 129 Å². The Hall–Kier alpha value is -1.42. The number of hydrogen-bond acceptors (Lipinski definition) is 7. The SMILES string of the molecule is O=C(O)CNC(=O)OCCCCON(O)O. The van der Waals surface area contributed by atoms with Crippen LogP contribution in [-0.2, 0) is 14.4 Å². The number of carbonyl (C=O) groups is 2.